The van der Waals surface area contributed by atoms with Crippen molar-refractivity contribution in [2.45, 2.75) is 13.1 Å². The van der Waals surface area contributed by atoms with Gasteiger partial charge in [-0.3, -0.25) is 9.78 Å². The lowest BCUT2D eigenvalue weighted by Crippen LogP contribution is -2.20. The molecule has 8 heteroatoms. The van der Waals surface area contributed by atoms with Gasteiger partial charge < -0.3 is 14.6 Å². The van der Waals surface area contributed by atoms with Gasteiger partial charge in [-0.2, -0.15) is 5.26 Å². The number of nitrogens with zero attached hydrogens (tertiary/aromatic N) is 4. The normalized spacial score (nSPS) is 12.6. The zero-order valence-electron chi connectivity index (χ0n) is 16.6. The van der Waals surface area contributed by atoms with Crippen molar-refractivity contribution in [3.05, 3.63) is 99.3 Å². The Bertz CT molecular complexity index is 1510. The Morgan fingerprint density at radius 3 is 2.72 bits per heavy atom. The molecule has 0 atom stereocenters. The number of halogens is 1. The average Bonchev–Trinajstić information content (AvgIpc) is 3.24. The maximum atomic E-state index is 14.3. The molecule has 0 radical (unpaired) electrons. The van der Waals surface area contributed by atoms with E-state index >= 15 is 0 Å². The first-order valence-corrected chi connectivity index (χ1v) is 9.76. The molecule has 2 aromatic heterocycles. The van der Waals surface area contributed by atoms with Crippen LogP contribution in [0.1, 0.15) is 27.0 Å². The Balaban J connectivity index is 1.77. The second kappa shape index (κ2) is 7.32. The first-order valence-electron chi connectivity index (χ1n) is 9.76. The number of aromatic carboxylic acids is 1. The van der Waals surface area contributed by atoms with E-state index in [1.807, 2.05) is 11.0 Å². The van der Waals surface area contributed by atoms with Gasteiger partial charge in [-0.25, -0.2) is 9.18 Å². The lowest BCUT2D eigenvalue weighted by atomic mass is 10.1. The highest BCUT2D eigenvalue weighted by atomic mass is 19.1. The standard InChI is InChI=1S/C24H15FN4O3/c25-20-5-1-3-14-11-28(12-18(14)20)21-8-22-17(7-15(21)9-26)23(30)19(24(31)32)13-29(22)16-4-2-6-27-10-16/h1-8,10,13H,11-12H2,(H,31,32). The van der Waals surface area contributed by atoms with Crippen molar-refractivity contribution in [1.82, 2.24) is 9.55 Å². The number of pyridine rings is 2. The first-order chi connectivity index (χ1) is 15.5. The number of carboxylic acids is 1. The number of benzene rings is 2. The summed E-state index contributed by atoms with van der Waals surface area (Å²) in [5, 5.41) is 19.4. The molecule has 2 aromatic carbocycles. The third-order valence-corrected chi connectivity index (χ3v) is 5.66. The number of anilines is 1. The van der Waals surface area contributed by atoms with Crippen LogP contribution in [0.2, 0.25) is 0 Å². The molecule has 0 spiro atoms. The van der Waals surface area contributed by atoms with Crippen LogP contribution in [0.15, 0.2) is 65.8 Å². The summed E-state index contributed by atoms with van der Waals surface area (Å²) in [5.74, 6) is -1.66. The molecule has 7 nitrogen and oxygen atoms in total. The van der Waals surface area contributed by atoms with Gasteiger partial charge in [0.15, 0.2) is 0 Å². The van der Waals surface area contributed by atoms with E-state index in [4.69, 9.17) is 0 Å². The van der Waals surface area contributed by atoms with Crippen molar-refractivity contribution >= 4 is 22.6 Å². The topological polar surface area (TPSA) is 99.2 Å². The lowest BCUT2D eigenvalue weighted by Gasteiger charge is -2.21. The summed E-state index contributed by atoms with van der Waals surface area (Å²) in [6.07, 6.45) is 4.40. The highest BCUT2D eigenvalue weighted by Crippen LogP contribution is 2.34. The van der Waals surface area contributed by atoms with E-state index in [9.17, 15) is 24.3 Å². The Kier molecular flexibility index (Phi) is 4.45. The summed E-state index contributed by atoms with van der Waals surface area (Å²) in [6.45, 7) is 0.699. The molecule has 156 valence electrons. The van der Waals surface area contributed by atoms with E-state index in [0.29, 0.717) is 29.0 Å². The van der Waals surface area contributed by atoms with Gasteiger partial charge >= 0.3 is 5.97 Å². The van der Waals surface area contributed by atoms with Crippen LogP contribution < -0.4 is 10.3 Å². The quantitative estimate of drug-likeness (QED) is 0.537. The van der Waals surface area contributed by atoms with Crippen molar-refractivity contribution in [3.63, 3.8) is 0 Å². The number of carbonyl (C=O) groups is 1. The van der Waals surface area contributed by atoms with Gasteiger partial charge in [0.1, 0.15) is 17.4 Å². The molecule has 1 aliphatic rings. The van der Waals surface area contributed by atoms with Gasteiger partial charge in [-0.05, 0) is 35.9 Å². The van der Waals surface area contributed by atoms with Crippen molar-refractivity contribution in [2.24, 2.45) is 0 Å². The second-order valence-corrected chi connectivity index (χ2v) is 7.49. The third-order valence-electron chi connectivity index (χ3n) is 5.66. The van der Waals surface area contributed by atoms with Crippen LogP contribution in [0.25, 0.3) is 16.6 Å². The van der Waals surface area contributed by atoms with E-state index < -0.39 is 17.0 Å². The van der Waals surface area contributed by atoms with E-state index in [2.05, 4.69) is 11.1 Å². The third kappa shape index (κ3) is 2.99. The second-order valence-electron chi connectivity index (χ2n) is 7.49. The molecule has 0 aliphatic carbocycles. The maximum absolute atomic E-state index is 14.3. The smallest absolute Gasteiger partial charge is 0.341 e. The summed E-state index contributed by atoms with van der Waals surface area (Å²) in [5.41, 5.74) is 2.06. The van der Waals surface area contributed by atoms with Crippen molar-refractivity contribution in [3.8, 4) is 11.8 Å². The van der Waals surface area contributed by atoms with Gasteiger partial charge in [-0.1, -0.05) is 12.1 Å². The predicted octanol–water partition coefficient (Wildman–Crippen LogP) is 3.61. The number of hydrogen-bond acceptors (Lipinski definition) is 5. The molecule has 0 bridgehead atoms. The van der Waals surface area contributed by atoms with Crippen LogP contribution in [-0.4, -0.2) is 20.6 Å². The molecular formula is C24H15FN4O3. The van der Waals surface area contributed by atoms with Gasteiger partial charge in [-0.15, -0.1) is 0 Å². The van der Waals surface area contributed by atoms with E-state index in [1.54, 1.807) is 41.2 Å². The molecular weight excluding hydrogens is 411 g/mol. The largest absolute Gasteiger partial charge is 0.477 e. The van der Waals surface area contributed by atoms with Gasteiger partial charge in [0, 0.05) is 36.4 Å². The lowest BCUT2D eigenvalue weighted by molar-refractivity contribution is 0.0695. The van der Waals surface area contributed by atoms with Crippen LogP contribution in [0, 0.1) is 17.1 Å². The molecule has 1 aliphatic heterocycles. The highest BCUT2D eigenvalue weighted by Gasteiger charge is 2.25. The Hall–Kier alpha value is -4.51. The fraction of sp³-hybridized carbons (Fsp3) is 0.0833. The summed E-state index contributed by atoms with van der Waals surface area (Å²) < 4.78 is 15.8. The monoisotopic (exact) mass is 426 g/mol. The maximum Gasteiger partial charge on any atom is 0.341 e. The number of nitriles is 1. The first kappa shape index (κ1) is 19.5. The summed E-state index contributed by atoms with van der Waals surface area (Å²) >= 11 is 0. The number of hydrogen-bond donors (Lipinski definition) is 1. The van der Waals surface area contributed by atoms with Gasteiger partial charge in [0.25, 0.3) is 0 Å². The van der Waals surface area contributed by atoms with Crippen molar-refractivity contribution in [1.29, 1.82) is 5.26 Å². The Morgan fingerprint density at radius 2 is 2.03 bits per heavy atom. The van der Waals surface area contributed by atoms with Crippen molar-refractivity contribution < 1.29 is 14.3 Å². The zero-order valence-corrected chi connectivity index (χ0v) is 16.6. The molecule has 32 heavy (non-hydrogen) atoms. The number of fused-ring (bicyclic) bond motifs is 2. The number of rotatable bonds is 3. The molecule has 0 saturated carbocycles. The van der Waals surface area contributed by atoms with E-state index in [-0.39, 0.29) is 23.3 Å². The van der Waals surface area contributed by atoms with Crippen LogP contribution in [0.3, 0.4) is 0 Å². The molecule has 0 amide bonds. The minimum atomic E-state index is -1.36. The van der Waals surface area contributed by atoms with Gasteiger partial charge in [0.05, 0.1) is 28.7 Å². The van der Waals surface area contributed by atoms with Crippen LogP contribution in [0.5, 0.6) is 0 Å². The van der Waals surface area contributed by atoms with Crippen LogP contribution >= 0.6 is 0 Å². The molecule has 1 N–H and O–H groups in total. The summed E-state index contributed by atoms with van der Waals surface area (Å²) in [6, 6.07) is 13.5. The fourth-order valence-electron chi connectivity index (χ4n) is 4.13. The molecule has 0 unspecified atom stereocenters. The molecule has 3 heterocycles. The molecule has 4 aromatic rings. The van der Waals surface area contributed by atoms with Gasteiger partial charge in [0.2, 0.25) is 5.43 Å². The SMILES string of the molecule is N#Cc1cc2c(=O)c(C(=O)O)cn(-c3cccnc3)c2cc1N1Cc2cccc(F)c2C1. The Labute approximate surface area is 181 Å². The number of aromatic nitrogens is 2. The summed E-state index contributed by atoms with van der Waals surface area (Å²) in [4.78, 5) is 30.5. The molecule has 0 saturated heterocycles. The minimum absolute atomic E-state index is 0.108. The average molecular weight is 426 g/mol. The number of carboxylic acid groups (broad SMARTS) is 1. The van der Waals surface area contributed by atoms with Crippen LogP contribution in [-0.2, 0) is 13.1 Å². The van der Waals surface area contributed by atoms with E-state index in [1.165, 1.54) is 18.3 Å². The Morgan fingerprint density at radius 1 is 1.19 bits per heavy atom. The van der Waals surface area contributed by atoms with Crippen LogP contribution in [0.4, 0.5) is 10.1 Å². The fourth-order valence-corrected chi connectivity index (χ4v) is 4.13. The predicted molar refractivity (Wildman–Crippen MR) is 115 cm³/mol. The zero-order chi connectivity index (χ0) is 22.4. The summed E-state index contributed by atoms with van der Waals surface area (Å²) in [7, 11) is 0. The molecule has 5 rings (SSSR count). The molecule has 0 fully saturated rings. The highest BCUT2D eigenvalue weighted by molar-refractivity contribution is 5.95. The minimum Gasteiger partial charge on any atom is -0.477 e. The van der Waals surface area contributed by atoms with Crippen molar-refractivity contribution in [2.75, 3.05) is 4.90 Å². The van der Waals surface area contributed by atoms with E-state index in [0.717, 1.165) is 5.56 Å².